The van der Waals surface area contributed by atoms with Gasteiger partial charge in [0.15, 0.2) is 0 Å². The molecule has 0 spiro atoms. The van der Waals surface area contributed by atoms with Gasteiger partial charge in [-0.2, -0.15) is 0 Å². The zero-order valence-electron chi connectivity index (χ0n) is 20.5. The summed E-state index contributed by atoms with van der Waals surface area (Å²) in [5, 5.41) is 9.62. The van der Waals surface area contributed by atoms with Gasteiger partial charge in [0, 0.05) is 56.4 Å². The molecule has 10 heteroatoms. The van der Waals surface area contributed by atoms with Crippen molar-refractivity contribution in [3.8, 4) is 0 Å². The molecule has 190 valence electrons. The molecule has 5 rings (SSSR count). The molecule has 0 atom stereocenters. The van der Waals surface area contributed by atoms with E-state index in [0.29, 0.717) is 42.5 Å². The largest absolute Gasteiger partial charge is 0.380 e. The lowest BCUT2D eigenvalue weighted by Gasteiger charge is -2.41. The fourth-order valence-electron chi connectivity index (χ4n) is 4.44. The van der Waals surface area contributed by atoms with Crippen LogP contribution in [-0.4, -0.2) is 48.9 Å². The smallest absolute Gasteiger partial charge is 0.252 e. The van der Waals surface area contributed by atoms with E-state index in [4.69, 9.17) is 5.73 Å². The lowest BCUT2D eigenvalue weighted by Crippen LogP contribution is -2.53. The second-order valence-corrected chi connectivity index (χ2v) is 10.1. The molecule has 4 aromatic rings. The molecule has 0 unspecified atom stereocenters. The first-order valence-corrected chi connectivity index (χ1v) is 12.7. The van der Waals surface area contributed by atoms with Gasteiger partial charge in [0.05, 0.1) is 22.9 Å². The predicted octanol–water partition coefficient (Wildman–Crippen LogP) is 4.41. The number of carbonyl (C=O) groups is 2. The Morgan fingerprint density at radius 3 is 2.73 bits per heavy atom. The minimum atomic E-state index is -0.591. The van der Waals surface area contributed by atoms with E-state index >= 15 is 0 Å². The Morgan fingerprint density at radius 1 is 1.19 bits per heavy atom. The van der Waals surface area contributed by atoms with Gasteiger partial charge in [0.2, 0.25) is 5.91 Å². The number of hydrogen-bond acceptors (Lipinski definition) is 7. The molecule has 0 aliphatic carbocycles. The molecule has 2 aromatic heterocycles. The maximum Gasteiger partial charge on any atom is 0.252 e. The molecule has 0 radical (unpaired) electrons. The Kier molecular flexibility index (Phi) is 6.66. The number of halogens is 1. The third kappa shape index (κ3) is 5.05. The SMILES string of the molecule is CN(C)C(=O)C1CN(c2ccc(Nc3cc(NCc4cccc5ccsc45)c(C(N)=O)cn3)cc2F)C1. The molecule has 1 aliphatic heterocycles. The van der Waals surface area contributed by atoms with Crippen molar-refractivity contribution in [2.75, 3.05) is 42.7 Å². The highest BCUT2D eigenvalue weighted by Crippen LogP contribution is 2.31. The standard InChI is InChI=1S/C27H27FN6O2S/c1-33(2)27(36)18-14-34(15-18)23-7-6-19(10-21(23)28)32-24-11-22(20(13-31-24)26(29)35)30-12-17-5-3-4-16-8-9-37-25(16)17/h3-11,13,18H,12,14-15H2,1-2H3,(H2,29,35)(H2,30,31,32). The van der Waals surface area contributed by atoms with Crippen LogP contribution in [0.1, 0.15) is 15.9 Å². The van der Waals surface area contributed by atoms with Crippen LogP contribution < -0.4 is 21.3 Å². The van der Waals surface area contributed by atoms with Crippen molar-refractivity contribution in [1.82, 2.24) is 9.88 Å². The fourth-order valence-corrected chi connectivity index (χ4v) is 5.35. The van der Waals surface area contributed by atoms with Crippen molar-refractivity contribution in [3.63, 3.8) is 0 Å². The Bertz CT molecular complexity index is 1480. The molecule has 1 aliphatic rings. The van der Waals surface area contributed by atoms with Crippen molar-refractivity contribution >= 4 is 56.1 Å². The first kappa shape index (κ1) is 24.5. The highest BCUT2D eigenvalue weighted by Gasteiger charge is 2.34. The zero-order chi connectivity index (χ0) is 26.1. The van der Waals surface area contributed by atoms with Gasteiger partial charge in [0.25, 0.3) is 5.91 Å². The number of fused-ring (bicyclic) bond motifs is 1. The van der Waals surface area contributed by atoms with Gasteiger partial charge in [-0.25, -0.2) is 9.37 Å². The van der Waals surface area contributed by atoms with E-state index in [1.807, 2.05) is 22.4 Å². The van der Waals surface area contributed by atoms with Crippen molar-refractivity contribution in [1.29, 1.82) is 0 Å². The number of benzene rings is 2. The summed E-state index contributed by atoms with van der Waals surface area (Å²) in [6.07, 6.45) is 1.41. The summed E-state index contributed by atoms with van der Waals surface area (Å²) in [5.74, 6) is -0.604. The minimum Gasteiger partial charge on any atom is -0.380 e. The van der Waals surface area contributed by atoms with Gasteiger partial charge in [-0.3, -0.25) is 9.59 Å². The number of primary amides is 1. The van der Waals surface area contributed by atoms with Gasteiger partial charge < -0.3 is 26.2 Å². The molecule has 1 fully saturated rings. The average Bonchev–Trinajstić information content (AvgIpc) is 3.32. The number of nitrogens with two attached hydrogens (primary N) is 1. The maximum atomic E-state index is 14.9. The first-order valence-electron chi connectivity index (χ1n) is 11.8. The number of nitrogens with one attached hydrogen (secondary N) is 2. The number of nitrogens with zero attached hydrogens (tertiary/aromatic N) is 3. The van der Waals surface area contributed by atoms with E-state index in [0.717, 1.165) is 5.56 Å². The van der Waals surface area contributed by atoms with Crippen LogP contribution in [0.2, 0.25) is 0 Å². The highest BCUT2D eigenvalue weighted by molar-refractivity contribution is 7.17. The normalized spacial score (nSPS) is 13.3. The number of hydrogen-bond donors (Lipinski definition) is 3. The number of rotatable bonds is 8. The quantitative estimate of drug-likeness (QED) is 0.319. The molecule has 3 heterocycles. The van der Waals surface area contributed by atoms with Crippen LogP contribution in [0.5, 0.6) is 0 Å². The molecule has 8 nitrogen and oxygen atoms in total. The van der Waals surface area contributed by atoms with E-state index in [1.165, 1.54) is 22.3 Å². The van der Waals surface area contributed by atoms with Gasteiger partial charge in [-0.15, -0.1) is 11.3 Å². The number of aromatic nitrogens is 1. The van der Waals surface area contributed by atoms with E-state index in [2.05, 4.69) is 27.8 Å². The predicted molar refractivity (Wildman–Crippen MR) is 146 cm³/mol. The third-order valence-electron chi connectivity index (χ3n) is 6.43. The monoisotopic (exact) mass is 518 g/mol. The summed E-state index contributed by atoms with van der Waals surface area (Å²) in [6, 6.07) is 14.7. The lowest BCUT2D eigenvalue weighted by molar-refractivity contribution is -0.133. The zero-order valence-corrected chi connectivity index (χ0v) is 21.3. The molecule has 0 bridgehead atoms. The van der Waals surface area contributed by atoms with Gasteiger partial charge in [-0.1, -0.05) is 18.2 Å². The molecule has 2 aromatic carbocycles. The number of thiophene rings is 1. The third-order valence-corrected chi connectivity index (χ3v) is 7.44. The number of anilines is 4. The van der Waals surface area contributed by atoms with Gasteiger partial charge in [-0.05, 0) is 40.6 Å². The van der Waals surface area contributed by atoms with Crippen LogP contribution in [0.25, 0.3) is 10.1 Å². The summed E-state index contributed by atoms with van der Waals surface area (Å²) in [4.78, 5) is 31.8. The molecule has 1 saturated heterocycles. The molecule has 2 amide bonds. The second kappa shape index (κ2) is 10.1. The molecular formula is C27H27FN6O2S. The van der Waals surface area contributed by atoms with E-state index < -0.39 is 11.7 Å². The second-order valence-electron chi connectivity index (χ2n) is 9.21. The van der Waals surface area contributed by atoms with Crippen molar-refractivity contribution < 1.29 is 14.0 Å². The van der Waals surface area contributed by atoms with Crippen molar-refractivity contribution in [3.05, 3.63) is 77.1 Å². The molecule has 37 heavy (non-hydrogen) atoms. The topological polar surface area (TPSA) is 104 Å². The number of carbonyl (C=O) groups excluding carboxylic acids is 2. The van der Waals surface area contributed by atoms with E-state index in [9.17, 15) is 14.0 Å². The maximum absolute atomic E-state index is 14.9. The summed E-state index contributed by atoms with van der Waals surface area (Å²) < 4.78 is 16.1. The first-order chi connectivity index (χ1) is 17.8. The summed E-state index contributed by atoms with van der Waals surface area (Å²) in [5.41, 5.74) is 8.45. The van der Waals surface area contributed by atoms with E-state index in [-0.39, 0.29) is 17.4 Å². The Balaban J connectivity index is 1.30. The molecular weight excluding hydrogens is 491 g/mol. The van der Waals surface area contributed by atoms with Gasteiger partial charge >= 0.3 is 0 Å². The van der Waals surface area contributed by atoms with Crippen LogP contribution in [0.15, 0.2) is 60.1 Å². The Labute approximate surface area is 217 Å². The summed E-state index contributed by atoms with van der Waals surface area (Å²) >= 11 is 1.66. The Morgan fingerprint density at radius 2 is 2.00 bits per heavy atom. The van der Waals surface area contributed by atoms with Gasteiger partial charge in [0.1, 0.15) is 11.6 Å². The molecule has 0 saturated carbocycles. The van der Waals surface area contributed by atoms with Crippen LogP contribution in [-0.2, 0) is 11.3 Å². The lowest BCUT2D eigenvalue weighted by atomic mass is 9.97. The van der Waals surface area contributed by atoms with Crippen molar-refractivity contribution in [2.45, 2.75) is 6.54 Å². The number of pyridine rings is 1. The van der Waals surface area contributed by atoms with Crippen LogP contribution >= 0.6 is 11.3 Å². The average molecular weight is 519 g/mol. The minimum absolute atomic E-state index is 0.0527. The van der Waals surface area contributed by atoms with Crippen LogP contribution in [0.3, 0.4) is 0 Å². The van der Waals surface area contributed by atoms with Crippen LogP contribution in [0.4, 0.5) is 27.3 Å². The highest BCUT2D eigenvalue weighted by atomic mass is 32.1. The fraction of sp³-hybridized carbons (Fsp3) is 0.222. The summed E-state index contributed by atoms with van der Waals surface area (Å²) in [6.45, 7) is 1.48. The van der Waals surface area contributed by atoms with Crippen molar-refractivity contribution in [2.24, 2.45) is 11.7 Å². The van der Waals surface area contributed by atoms with Crippen LogP contribution in [0, 0.1) is 11.7 Å². The Hall–Kier alpha value is -4.18. The molecule has 4 N–H and O–H groups in total. The summed E-state index contributed by atoms with van der Waals surface area (Å²) in [7, 11) is 3.45. The number of amides is 2. The van der Waals surface area contributed by atoms with E-state index in [1.54, 1.807) is 48.5 Å².